The lowest BCUT2D eigenvalue weighted by Crippen LogP contribution is -2.42. The van der Waals surface area contributed by atoms with E-state index in [9.17, 15) is 23.9 Å². The minimum absolute atomic E-state index is 0.0188. The van der Waals surface area contributed by atoms with Crippen LogP contribution in [0.2, 0.25) is 0 Å². The average molecular weight is 833 g/mol. The van der Waals surface area contributed by atoms with Crippen LogP contribution in [0.3, 0.4) is 0 Å². The van der Waals surface area contributed by atoms with Crippen LogP contribution < -0.4 is 20.5 Å². The number of nitrogens with two attached hydrogens (primary N) is 1. The number of anilines is 1. The van der Waals surface area contributed by atoms with Gasteiger partial charge in [-0.15, -0.1) is 16.0 Å². The maximum absolute atomic E-state index is 15.3. The molecule has 0 saturated heterocycles. The number of primary amides is 1. The third-order valence-electron chi connectivity index (χ3n) is 8.33. The smallest absolute Gasteiger partial charge is 0.418 e. The largest absolute Gasteiger partial charge is 0.726 e. The highest BCUT2D eigenvalue weighted by molar-refractivity contribution is 7.79. The second-order valence-electron chi connectivity index (χ2n) is 12.3. The predicted molar refractivity (Wildman–Crippen MR) is 197 cm³/mol. The van der Waals surface area contributed by atoms with Gasteiger partial charge in [-0.1, -0.05) is 25.1 Å². The Morgan fingerprint density at radius 1 is 1.16 bits per heavy atom. The first kappa shape index (κ1) is 43.9. The number of amides is 2. The van der Waals surface area contributed by atoms with Gasteiger partial charge in [0.25, 0.3) is 6.33 Å². The molecule has 0 saturated carbocycles. The number of hydrogen-bond donors (Lipinski definition) is 4. The van der Waals surface area contributed by atoms with Gasteiger partial charge in [0.15, 0.2) is 0 Å². The highest BCUT2D eigenvalue weighted by atomic mass is 32.3. The van der Waals surface area contributed by atoms with Crippen LogP contribution in [0.4, 0.5) is 19.4 Å². The average Bonchev–Trinajstić information content (AvgIpc) is 3.84. The minimum atomic E-state index is -4.92. The Bertz CT molecular complexity index is 2300. The van der Waals surface area contributed by atoms with Gasteiger partial charge in [0.1, 0.15) is 36.2 Å². The Morgan fingerprint density at radius 3 is 2.49 bits per heavy atom. The summed E-state index contributed by atoms with van der Waals surface area (Å²) < 4.78 is 76.4. The molecule has 5 rings (SSSR count). The minimum Gasteiger partial charge on any atom is -0.726 e. The SMILES string of the molecule is CNCC(=O)OCc1cccnc1N(C)C(=O)OC(C)[n+]1cnn(C[C@](O)(c2cc(F)ccc2F)[C@@H](C)c2nc(-c3ccc(C(N)=O)cc3)cs2)c1.O=S(=O)([O-])O. The van der Waals surface area contributed by atoms with Gasteiger partial charge in [-0.05, 0) is 43.4 Å². The number of aliphatic hydroxyl groups is 1. The second kappa shape index (κ2) is 18.9. The van der Waals surface area contributed by atoms with Crippen LogP contribution in [0.5, 0.6) is 0 Å². The maximum Gasteiger partial charge on any atom is 0.418 e. The molecule has 5 aromatic rings. The number of carbonyl (C=O) groups excluding carboxylic acids is 3. The summed E-state index contributed by atoms with van der Waals surface area (Å²) in [7, 11) is -1.84. The summed E-state index contributed by atoms with van der Waals surface area (Å²) in [5, 5.41) is 21.5. The summed E-state index contributed by atoms with van der Waals surface area (Å²) in [6.45, 7) is 2.80. The molecular formula is C35H38F2N8O10S2. The quantitative estimate of drug-likeness (QED) is 0.0544. The molecule has 2 aromatic carbocycles. The van der Waals surface area contributed by atoms with E-state index in [2.05, 4.69) is 20.4 Å². The summed E-state index contributed by atoms with van der Waals surface area (Å²) in [4.78, 5) is 46.6. The molecule has 0 aliphatic rings. The zero-order valence-electron chi connectivity index (χ0n) is 30.8. The summed E-state index contributed by atoms with van der Waals surface area (Å²) in [5.41, 5.74) is 5.04. The lowest BCUT2D eigenvalue weighted by atomic mass is 9.82. The first-order valence-electron chi connectivity index (χ1n) is 16.6. The van der Waals surface area contributed by atoms with Crippen LogP contribution in [0.15, 0.2) is 78.8 Å². The van der Waals surface area contributed by atoms with Crippen LogP contribution in [0.25, 0.3) is 11.3 Å². The molecule has 2 amide bonds. The molecule has 0 fully saturated rings. The molecule has 57 heavy (non-hydrogen) atoms. The van der Waals surface area contributed by atoms with Gasteiger partial charge in [0.2, 0.25) is 28.9 Å². The monoisotopic (exact) mass is 832 g/mol. The molecule has 5 N–H and O–H groups in total. The van der Waals surface area contributed by atoms with Crippen molar-refractivity contribution in [2.75, 3.05) is 25.5 Å². The van der Waals surface area contributed by atoms with Crippen molar-refractivity contribution in [2.24, 2.45) is 5.73 Å². The summed E-state index contributed by atoms with van der Waals surface area (Å²) >= 11 is 1.22. The van der Waals surface area contributed by atoms with E-state index in [1.54, 1.807) is 62.7 Å². The number of halogens is 2. The van der Waals surface area contributed by atoms with E-state index < -0.39 is 57.8 Å². The number of nitrogens with zero attached hydrogens (tertiary/aromatic N) is 6. The molecule has 3 atom stereocenters. The van der Waals surface area contributed by atoms with Crippen molar-refractivity contribution in [3.63, 3.8) is 0 Å². The number of esters is 1. The number of likely N-dealkylation sites (N-methyl/N-ethyl adjacent to an activating group) is 1. The number of pyridine rings is 1. The summed E-state index contributed by atoms with van der Waals surface area (Å²) in [6.07, 6.45) is 2.61. The van der Waals surface area contributed by atoms with Crippen molar-refractivity contribution in [1.29, 1.82) is 0 Å². The zero-order valence-corrected chi connectivity index (χ0v) is 32.4. The number of rotatable bonds is 14. The van der Waals surface area contributed by atoms with Gasteiger partial charge in [0, 0.05) is 58.8 Å². The molecule has 304 valence electrons. The Balaban J connectivity index is 0.00000135. The molecule has 0 spiro atoms. The molecule has 3 heterocycles. The number of benzene rings is 2. The van der Waals surface area contributed by atoms with E-state index >= 15 is 4.39 Å². The Kier molecular flexibility index (Phi) is 14.6. The van der Waals surface area contributed by atoms with Crippen LogP contribution in [-0.2, 0) is 43.4 Å². The Labute approximate surface area is 329 Å². The van der Waals surface area contributed by atoms with Crippen molar-refractivity contribution in [2.45, 2.75) is 44.7 Å². The van der Waals surface area contributed by atoms with Gasteiger partial charge < -0.3 is 30.2 Å². The van der Waals surface area contributed by atoms with E-state index in [-0.39, 0.29) is 31.1 Å². The van der Waals surface area contributed by atoms with Gasteiger partial charge in [-0.25, -0.2) is 32.0 Å². The molecular weight excluding hydrogens is 795 g/mol. The molecule has 0 aliphatic carbocycles. The number of carbonyl (C=O) groups is 3. The van der Waals surface area contributed by atoms with Crippen molar-refractivity contribution < 1.29 is 59.8 Å². The van der Waals surface area contributed by atoms with Crippen LogP contribution in [0.1, 0.15) is 52.5 Å². The molecule has 0 aliphatic heterocycles. The summed E-state index contributed by atoms with van der Waals surface area (Å²) in [6, 6.07) is 12.7. The second-order valence-corrected chi connectivity index (χ2v) is 14.1. The van der Waals surface area contributed by atoms with E-state index in [0.717, 1.165) is 18.2 Å². The lowest BCUT2D eigenvalue weighted by molar-refractivity contribution is -0.753. The standard InChI is InChI=1S/C35H36F2N8O6S.H2O4S/c1-21(33-42-29(17-52-33)23-7-9-24(10-8-23)31(38)47)35(49,27-14-26(36)11-12-28(27)37)18-45-20-44(19-41-45)22(2)51-34(48)43(4)32-25(6-5-13-40-32)16-50-30(46)15-39-3;1-5(2,3)4/h5-14,17,19-22,39,49H,15-16,18H2,1-4H3,(H-,38,47);(H2,1,2,3,4)/t21-,22?,35+;/m0./s1. The van der Waals surface area contributed by atoms with Crippen molar-refractivity contribution >= 4 is 45.5 Å². The molecule has 18 nitrogen and oxygen atoms in total. The van der Waals surface area contributed by atoms with Crippen LogP contribution in [-0.4, -0.2) is 81.0 Å². The highest BCUT2D eigenvalue weighted by Gasteiger charge is 2.43. The van der Waals surface area contributed by atoms with Gasteiger partial charge in [-0.2, -0.15) is 4.57 Å². The normalized spacial score (nSPS) is 13.4. The third-order valence-corrected chi connectivity index (χ3v) is 9.36. The zero-order chi connectivity index (χ0) is 42.1. The predicted octanol–water partition coefficient (Wildman–Crippen LogP) is 2.82. The number of aromatic nitrogens is 5. The van der Waals surface area contributed by atoms with E-state index in [1.807, 2.05) is 0 Å². The Hall–Kier alpha value is -5.78. The topological polar surface area (TPSA) is 256 Å². The fourth-order valence-corrected chi connectivity index (χ4v) is 6.31. The Morgan fingerprint density at radius 2 is 1.84 bits per heavy atom. The molecule has 3 aromatic heterocycles. The van der Waals surface area contributed by atoms with E-state index in [0.29, 0.717) is 27.4 Å². The highest BCUT2D eigenvalue weighted by Crippen LogP contribution is 2.41. The maximum atomic E-state index is 15.3. The number of nitrogens with one attached hydrogen (secondary N) is 1. The van der Waals surface area contributed by atoms with Crippen molar-refractivity contribution in [3.8, 4) is 11.3 Å². The lowest BCUT2D eigenvalue weighted by Gasteiger charge is -2.32. The van der Waals surface area contributed by atoms with Gasteiger partial charge in [0.05, 0.1) is 17.2 Å². The van der Waals surface area contributed by atoms with E-state index in [1.165, 1.54) is 51.4 Å². The molecule has 1 unspecified atom stereocenters. The fourth-order valence-electron chi connectivity index (χ4n) is 5.34. The van der Waals surface area contributed by atoms with Crippen LogP contribution >= 0.6 is 11.3 Å². The fraction of sp³-hybridized carbons (Fsp3) is 0.286. The molecule has 0 radical (unpaired) electrons. The van der Waals surface area contributed by atoms with E-state index in [4.69, 9.17) is 32.7 Å². The van der Waals surface area contributed by atoms with Crippen molar-refractivity contribution in [1.82, 2.24) is 25.1 Å². The summed E-state index contributed by atoms with van der Waals surface area (Å²) in [5.74, 6) is -3.27. The number of hydrogen-bond acceptors (Lipinski definition) is 14. The first-order chi connectivity index (χ1) is 26.8. The molecule has 22 heteroatoms. The van der Waals surface area contributed by atoms with Gasteiger partial charge in [-0.3, -0.25) is 19.0 Å². The third kappa shape index (κ3) is 11.9. The number of ether oxygens (including phenoxy) is 2. The molecule has 0 bridgehead atoms. The van der Waals surface area contributed by atoms with Crippen molar-refractivity contribution in [3.05, 3.63) is 112 Å². The van der Waals surface area contributed by atoms with Crippen LogP contribution in [0, 0.1) is 11.6 Å². The number of thiazole rings is 1. The van der Waals surface area contributed by atoms with Gasteiger partial charge >= 0.3 is 12.1 Å². The first-order valence-corrected chi connectivity index (χ1v) is 18.9.